The monoisotopic (exact) mass is 292 g/mol. The number of Topliss-reactive ketones (excluding diaryl/α,β-unsaturated/α-hetero) is 1. The first-order chi connectivity index (χ1) is 7.27. The van der Waals surface area contributed by atoms with Crippen LogP contribution in [-0.4, -0.2) is 16.4 Å². The van der Waals surface area contributed by atoms with Crippen molar-refractivity contribution in [3.8, 4) is 0 Å². The van der Waals surface area contributed by atoms with Gasteiger partial charge in [0.25, 0.3) is 0 Å². The van der Waals surface area contributed by atoms with Crippen LogP contribution in [0.5, 0.6) is 0 Å². The maximum absolute atomic E-state index is 11.4. The molecule has 1 aromatic rings. The van der Waals surface area contributed by atoms with Crippen LogP contribution in [0, 0.1) is 0 Å². The topological polar surface area (TPSA) is 55.8 Å². The van der Waals surface area contributed by atoms with Crippen LogP contribution >= 0.6 is 28.0 Å². The SMILES string of the molecule is O=C(CCBr)c1ccc(SOOO)cc1. The summed E-state index contributed by atoms with van der Waals surface area (Å²) in [6, 6.07) is 6.83. The van der Waals surface area contributed by atoms with Gasteiger partial charge in [-0.1, -0.05) is 33.1 Å². The standard InChI is InChI=1S/C9H9BrO4S/c10-6-5-9(11)7-1-3-8(4-2-7)15-14-13-12/h1-4,12H,5-6H2. The van der Waals surface area contributed by atoms with E-state index in [4.69, 9.17) is 5.26 Å². The van der Waals surface area contributed by atoms with Crippen molar-refractivity contribution in [2.75, 3.05) is 5.33 Å². The summed E-state index contributed by atoms with van der Waals surface area (Å²) in [7, 11) is 0. The van der Waals surface area contributed by atoms with Gasteiger partial charge in [-0.25, -0.2) is 5.26 Å². The molecule has 0 aliphatic carbocycles. The van der Waals surface area contributed by atoms with E-state index in [1.807, 2.05) is 0 Å². The minimum absolute atomic E-state index is 0.0859. The Labute approximate surface area is 99.8 Å². The van der Waals surface area contributed by atoms with Gasteiger partial charge in [-0.2, -0.15) is 0 Å². The number of hydrogen-bond acceptors (Lipinski definition) is 5. The molecule has 0 heterocycles. The van der Waals surface area contributed by atoms with Gasteiger partial charge in [-0.05, 0) is 12.1 Å². The predicted octanol–water partition coefficient (Wildman–Crippen LogP) is 3.08. The van der Waals surface area contributed by atoms with E-state index in [9.17, 15) is 4.79 Å². The lowest BCUT2D eigenvalue weighted by molar-refractivity contribution is -0.432. The molecule has 0 amide bonds. The predicted molar refractivity (Wildman–Crippen MR) is 59.8 cm³/mol. The van der Waals surface area contributed by atoms with Gasteiger partial charge in [-0.15, -0.1) is 4.33 Å². The van der Waals surface area contributed by atoms with Crippen molar-refractivity contribution in [2.45, 2.75) is 11.3 Å². The number of carbonyl (C=O) groups excluding carboxylic acids is 1. The van der Waals surface area contributed by atoms with Crippen LogP contribution in [0.1, 0.15) is 16.8 Å². The van der Waals surface area contributed by atoms with Crippen molar-refractivity contribution in [1.82, 2.24) is 0 Å². The van der Waals surface area contributed by atoms with Gasteiger partial charge in [0.15, 0.2) is 5.78 Å². The third-order valence-corrected chi connectivity index (χ3v) is 2.65. The molecule has 1 rings (SSSR count). The Balaban J connectivity index is 2.59. The van der Waals surface area contributed by atoms with E-state index < -0.39 is 0 Å². The maximum atomic E-state index is 11.4. The lowest BCUT2D eigenvalue weighted by Gasteiger charge is -2.00. The van der Waals surface area contributed by atoms with E-state index in [-0.39, 0.29) is 5.78 Å². The fourth-order valence-electron chi connectivity index (χ4n) is 0.981. The lowest BCUT2D eigenvalue weighted by Crippen LogP contribution is -1.98. The van der Waals surface area contributed by atoms with Crippen LogP contribution in [0.4, 0.5) is 0 Å². The third-order valence-electron chi connectivity index (χ3n) is 1.66. The number of halogens is 1. The van der Waals surface area contributed by atoms with Crippen LogP contribution in [0.25, 0.3) is 0 Å². The fraction of sp³-hybridized carbons (Fsp3) is 0.222. The average molecular weight is 293 g/mol. The highest BCUT2D eigenvalue weighted by atomic mass is 79.9. The van der Waals surface area contributed by atoms with Crippen LogP contribution in [0.15, 0.2) is 29.2 Å². The Bertz CT molecular complexity index is 314. The smallest absolute Gasteiger partial charge is 0.163 e. The van der Waals surface area contributed by atoms with E-state index in [0.29, 0.717) is 17.3 Å². The zero-order valence-corrected chi connectivity index (χ0v) is 10.1. The summed E-state index contributed by atoms with van der Waals surface area (Å²) in [4.78, 5) is 12.2. The van der Waals surface area contributed by atoms with Crippen molar-refractivity contribution in [2.24, 2.45) is 0 Å². The molecule has 6 heteroatoms. The highest BCUT2D eigenvalue weighted by Gasteiger charge is 2.04. The summed E-state index contributed by atoms with van der Waals surface area (Å²) in [5, 5.41) is 12.0. The summed E-state index contributed by atoms with van der Waals surface area (Å²) in [6.45, 7) is 0. The quantitative estimate of drug-likeness (QED) is 0.287. The number of rotatable bonds is 6. The molecule has 15 heavy (non-hydrogen) atoms. The van der Waals surface area contributed by atoms with Gasteiger partial charge in [0, 0.05) is 22.2 Å². The fourth-order valence-corrected chi connectivity index (χ4v) is 1.70. The van der Waals surface area contributed by atoms with Crippen molar-refractivity contribution in [1.29, 1.82) is 0 Å². The van der Waals surface area contributed by atoms with Crippen LogP contribution in [-0.2, 0) is 9.37 Å². The van der Waals surface area contributed by atoms with E-state index in [1.54, 1.807) is 24.3 Å². The molecule has 4 nitrogen and oxygen atoms in total. The van der Waals surface area contributed by atoms with Gasteiger partial charge < -0.3 is 0 Å². The van der Waals surface area contributed by atoms with Gasteiger partial charge in [-0.3, -0.25) is 4.79 Å². The summed E-state index contributed by atoms with van der Waals surface area (Å²) < 4.78 is 4.25. The second-order valence-corrected chi connectivity index (χ2v) is 4.18. The molecule has 0 spiro atoms. The number of hydrogen-bond donors (Lipinski definition) is 1. The van der Waals surface area contributed by atoms with E-state index in [2.05, 4.69) is 25.3 Å². The van der Waals surface area contributed by atoms with E-state index in [1.165, 1.54) is 0 Å². The molecule has 0 bridgehead atoms. The summed E-state index contributed by atoms with van der Waals surface area (Å²) >= 11 is 4.07. The second-order valence-electron chi connectivity index (χ2n) is 2.61. The normalized spacial score (nSPS) is 10.3. The van der Waals surface area contributed by atoms with Crippen molar-refractivity contribution in [3.05, 3.63) is 29.8 Å². The largest absolute Gasteiger partial charge is 0.294 e. The Kier molecular flexibility index (Phi) is 5.89. The zero-order valence-electron chi connectivity index (χ0n) is 7.68. The lowest BCUT2D eigenvalue weighted by atomic mass is 10.1. The highest BCUT2D eigenvalue weighted by Crippen LogP contribution is 2.19. The molecular weight excluding hydrogens is 284 g/mol. The molecule has 0 fully saturated rings. The van der Waals surface area contributed by atoms with Crippen molar-refractivity contribution < 1.29 is 19.4 Å². The number of benzene rings is 1. The summed E-state index contributed by atoms with van der Waals surface area (Å²) in [5.41, 5.74) is 0.656. The van der Waals surface area contributed by atoms with E-state index >= 15 is 0 Å². The Morgan fingerprint density at radius 2 is 2.07 bits per heavy atom. The van der Waals surface area contributed by atoms with Crippen molar-refractivity contribution in [3.63, 3.8) is 0 Å². The van der Waals surface area contributed by atoms with Gasteiger partial charge in [0.2, 0.25) is 0 Å². The van der Waals surface area contributed by atoms with Gasteiger partial charge in [0.1, 0.15) is 0 Å². The number of alkyl halides is 1. The minimum atomic E-state index is 0.0859. The molecule has 0 saturated heterocycles. The molecule has 1 N–H and O–H groups in total. The van der Waals surface area contributed by atoms with Crippen molar-refractivity contribution >= 4 is 33.8 Å². The first-order valence-corrected chi connectivity index (χ1v) is 5.98. The first kappa shape index (κ1) is 12.7. The zero-order chi connectivity index (χ0) is 11.1. The molecule has 0 aliphatic heterocycles. The molecule has 82 valence electrons. The van der Waals surface area contributed by atoms with Crippen LogP contribution < -0.4 is 0 Å². The molecular formula is C9H9BrO4S. The molecule has 0 aliphatic rings. The van der Waals surface area contributed by atoms with Gasteiger partial charge in [0.05, 0.1) is 12.0 Å². The molecule has 0 saturated carbocycles. The Morgan fingerprint density at radius 3 is 2.60 bits per heavy atom. The molecule has 0 unspecified atom stereocenters. The molecule has 0 radical (unpaired) electrons. The minimum Gasteiger partial charge on any atom is -0.294 e. The van der Waals surface area contributed by atoms with E-state index in [0.717, 1.165) is 16.9 Å². The first-order valence-electron chi connectivity index (χ1n) is 4.12. The summed E-state index contributed by atoms with van der Waals surface area (Å²) in [6.07, 6.45) is 0.475. The molecule has 0 atom stereocenters. The Hall–Kier alpha value is -0.400. The molecule has 0 aromatic heterocycles. The number of carbonyl (C=O) groups is 1. The van der Waals surface area contributed by atoms with Gasteiger partial charge >= 0.3 is 0 Å². The summed E-state index contributed by atoms with van der Waals surface area (Å²) in [5.74, 6) is 0.0859. The second kappa shape index (κ2) is 6.97. The molecule has 1 aromatic carbocycles. The van der Waals surface area contributed by atoms with Crippen LogP contribution in [0.3, 0.4) is 0 Å². The third kappa shape index (κ3) is 4.31. The number of ketones is 1. The average Bonchev–Trinajstić information content (AvgIpc) is 2.27. The maximum Gasteiger partial charge on any atom is 0.163 e. The van der Waals surface area contributed by atoms with Crippen LogP contribution in [0.2, 0.25) is 0 Å². The highest BCUT2D eigenvalue weighted by molar-refractivity contribution is 9.09. The Morgan fingerprint density at radius 1 is 1.40 bits per heavy atom.